The zero-order valence-electron chi connectivity index (χ0n) is 11.2. The second-order valence-electron chi connectivity index (χ2n) is 6.04. The van der Waals surface area contributed by atoms with Crippen LogP contribution >= 0.6 is 0 Å². The number of rotatable bonds is 8. The summed E-state index contributed by atoms with van der Waals surface area (Å²) < 4.78 is 5.49. The highest BCUT2D eigenvalue weighted by Gasteiger charge is 2.27. The molecule has 1 unspecified atom stereocenters. The summed E-state index contributed by atoms with van der Waals surface area (Å²) >= 11 is 0. The molecule has 4 nitrogen and oxygen atoms in total. The molecule has 0 aromatic heterocycles. The summed E-state index contributed by atoms with van der Waals surface area (Å²) in [4.78, 5) is 11.0. The third kappa shape index (κ3) is 7.34. The molecule has 0 bridgehead atoms. The molecule has 0 aromatic rings. The summed E-state index contributed by atoms with van der Waals surface area (Å²) in [5.74, 6) is -0.767. The number of carboxylic acid groups (broad SMARTS) is 1. The van der Waals surface area contributed by atoms with Crippen molar-refractivity contribution in [1.29, 1.82) is 0 Å². The maximum atomic E-state index is 11.0. The van der Waals surface area contributed by atoms with Crippen LogP contribution in [0, 0.1) is 5.41 Å². The molecule has 1 saturated carbocycles. The van der Waals surface area contributed by atoms with Gasteiger partial charge >= 0.3 is 5.97 Å². The van der Waals surface area contributed by atoms with Crippen molar-refractivity contribution in [2.45, 2.75) is 58.5 Å². The van der Waals surface area contributed by atoms with Crippen LogP contribution in [0.2, 0.25) is 0 Å². The molecule has 0 aromatic carbocycles. The quantitative estimate of drug-likeness (QED) is 0.640. The van der Waals surface area contributed by atoms with Crippen LogP contribution in [0.25, 0.3) is 0 Å². The molecular formula is C13H25NO3. The van der Waals surface area contributed by atoms with Gasteiger partial charge < -0.3 is 15.2 Å². The summed E-state index contributed by atoms with van der Waals surface area (Å²) in [6.07, 6.45) is 3.76. The average molecular weight is 243 g/mol. The van der Waals surface area contributed by atoms with Crippen LogP contribution in [0.4, 0.5) is 0 Å². The van der Waals surface area contributed by atoms with Crippen molar-refractivity contribution >= 4 is 5.97 Å². The Balaban J connectivity index is 2.07. The van der Waals surface area contributed by atoms with Crippen LogP contribution in [-0.4, -0.2) is 36.4 Å². The topological polar surface area (TPSA) is 58.6 Å². The van der Waals surface area contributed by atoms with Gasteiger partial charge in [0, 0.05) is 19.3 Å². The lowest BCUT2D eigenvalue weighted by Crippen LogP contribution is -2.39. The van der Waals surface area contributed by atoms with Crippen molar-refractivity contribution in [2.75, 3.05) is 13.2 Å². The Labute approximate surface area is 104 Å². The van der Waals surface area contributed by atoms with E-state index >= 15 is 0 Å². The number of ether oxygens (including phenoxy) is 1. The summed E-state index contributed by atoms with van der Waals surface area (Å²) in [7, 11) is 0. The standard InChI is InChI=1S/C13H25NO3/c1-13(2,3)7-9-17-8-6-11(12(15)16)14-10-4-5-10/h10-11,14H,4-9H2,1-3H3,(H,15,16). The Kier molecular flexibility index (Phi) is 5.40. The Morgan fingerprint density at radius 1 is 1.41 bits per heavy atom. The van der Waals surface area contributed by atoms with Gasteiger partial charge in [0.1, 0.15) is 6.04 Å². The third-order valence-corrected chi connectivity index (χ3v) is 2.86. The summed E-state index contributed by atoms with van der Waals surface area (Å²) in [6, 6.07) is -0.0252. The second kappa shape index (κ2) is 6.36. The van der Waals surface area contributed by atoms with Gasteiger partial charge in [-0.1, -0.05) is 20.8 Å². The van der Waals surface area contributed by atoms with E-state index in [2.05, 4.69) is 26.1 Å². The molecule has 1 atom stereocenters. The van der Waals surface area contributed by atoms with Crippen molar-refractivity contribution in [3.8, 4) is 0 Å². The number of carbonyl (C=O) groups is 1. The summed E-state index contributed by atoms with van der Waals surface area (Å²) in [5, 5.41) is 12.1. The molecule has 1 aliphatic rings. The monoisotopic (exact) mass is 243 g/mol. The molecule has 2 N–H and O–H groups in total. The largest absolute Gasteiger partial charge is 0.480 e. The molecule has 0 spiro atoms. The van der Waals surface area contributed by atoms with E-state index in [1.54, 1.807) is 0 Å². The minimum Gasteiger partial charge on any atom is -0.480 e. The van der Waals surface area contributed by atoms with Gasteiger partial charge in [0.15, 0.2) is 0 Å². The zero-order valence-corrected chi connectivity index (χ0v) is 11.2. The molecule has 0 amide bonds. The molecule has 100 valence electrons. The van der Waals surface area contributed by atoms with Crippen LogP contribution in [0.5, 0.6) is 0 Å². The van der Waals surface area contributed by atoms with Crippen LogP contribution in [0.3, 0.4) is 0 Å². The summed E-state index contributed by atoms with van der Waals surface area (Å²) in [6.45, 7) is 7.74. The minimum atomic E-state index is -0.767. The van der Waals surface area contributed by atoms with Gasteiger partial charge in [-0.05, 0) is 31.1 Å². The van der Waals surface area contributed by atoms with Crippen molar-refractivity contribution in [3.63, 3.8) is 0 Å². The fourth-order valence-electron chi connectivity index (χ4n) is 1.49. The molecule has 1 rings (SSSR count). The lowest BCUT2D eigenvalue weighted by Gasteiger charge is -2.18. The molecule has 1 aliphatic carbocycles. The van der Waals surface area contributed by atoms with E-state index in [0.29, 0.717) is 25.7 Å². The Hall–Kier alpha value is -0.610. The highest BCUT2D eigenvalue weighted by Crippen LogP contribution is 2.20. The second-order valence-corrected chi connectivity index (χ2v) is 6.04. The Bertz CT molecular complexity index is 244. The number of hydrogen-bond acceptors (Lipinski definition) is 3. The van der Waals surface area contributed by atoms with Gasteiger partial charge in [-0.3, -0.25) is 4.79 Å². The van der Waals surface area contributed by atoms with Gasteiger partial charge in [0.2, 0.25) is 0 Å². The van der Waals surface area contributed by atoms with E-state index in [1.807, 2.05) is 0 Å². The van der Waals surface area contributed by atoms with Crippen molar-refractivity contribution < 1.29 is 14.6 Å². The van der Waals surface area contributed by atoms with E-state index in [4.69, 9.17) is 9.84 Å². The lowest BCUT2D eigenvalue weighted by molar-refractivity contribution is -0.140. The third-order valence-electron chi connectivity index (χ3n) is 2.86. The van der Waals surface area contributed by atoms with Gasteiger partial charge in [0.05, 0.1) is 0 Å². The van der Waals surface area contributed by atoms with Crippen LogP contribution in [-0.2, 0) is 9.53 Å². The molecule has 0 radical (unpaired) electrons. The fraction of sp³-hybridized carbons (Fsp3) is 0.923. The number of carboxylic acids is 1. The molecule has 1 fully saturated rings. The van der Waals surface area contributed by atoms with Gasteiger partial charge in [-0.2, -0.15) is 0 Å². The van der Waals surface area contributed by atoms with E-state index < -0.39 is 12.0 Å². The van der Waals surface area contributed by atoms with Crippen molar-refractivity contribution in [2.24, 2.45) is 5.41 Å². The first-order valence-corrected chi connectivity index (χ1v) is 6.45. The molecule has 17 heavy (non-hydrogen) atoms. The molecule has 0 saturated heterocycles. The highest BCUT2D eigenvalue weighted by atomic mass is 16.5. The van der Waals surface area contributed by atoms with Crippen LogP contribution < -0.4 is 5.32 Å². The van der Waals surface area contributed by atoms with Crippen LogP contribution in [0.15, 0.2) is 0 Å². The van der Waals surface area contributed by atoms with Crippen molar-refractivity contribution in [3.05, 3.63) is 0 Å². The maximum Gasteiger partial charge on any atom is 0.320 e. The SMILES string of the molecule is CC(C)(C)CCOCCC(NC1CC1)C(=O)O. The molecule has 0 aliphatic heterocycles. The predicted molar refractivity (Wildman–Crippen MR) is 67.1 cm³/mol. The van der Waals surface area contributed by atoms with E-state index in [9.17, 15) is 4.79 Å². The predicted octanol–water partition coefficient (Wildman–Crippen LogP) is 2.03. The first kappa shape index (κ1) is 14.5. The van der Waals surface area contributed by atoms with E-state index in [1.165, 1.54) is 0 Å². The zero-order chi connectivity index (χ0) is 12.9. The first-order valence-electron chi connectivity index (χ1n) is 6.45. The first-order chi connectivity index (χ1) is 7.88. The highest BCUT2D eigenvalue weighted by molar-refractivity contribution is 5.73. The lowest BCUT2D eigenvalue weighted by atomic mass is 9.93. The Morgan fingerprint density at radius 3 is 2.53 bits per heavy atom. The number of nitrogens with one attached hydrogen (secondary N) is 1. The normalized spacial score (nSPS) is 18.1. The van der Waals surface area contributed by atoms with E-state index in [0.717, 1.165) is 19.3 Å². The molecule has 0 heterocycles. The average Bonchev–Trinajstić information content (AvgIpc) is 2.97. The maximum absolute atomic E-state index is 11.0. The van der Waals surface area contributed by atoms with Gasteiger partial charge in [-0.25, -0.2) is 0 Å². The summed E-state index contributed by atoms with van der Waals surface area (Å²) in [5.41, 5.74) is 0.276. The Morgan fingerprint density at radius 2 is 2.06 bits per heavy atom. The fourth-order valence-corrected chi connectivity index (χ4v) is 1.49. The number of aliphatic carboxylic acids is 1. The van der Waals surface area contributed by atoms with Crippen LogP contribution in [0.1, 0.15) is 46.5 Å². The minimum absolute atomic E-state index is 0.276. The molecular weight excluding hydrogens is 218 g/mol. The van der Waals surface area contributed by atoms with Gasteiger partial charge in [0.25, 0.3) is 0 Å². The van der Waals surface area contributed by atoms with Gasteiger partial charge in [-0.15, -0.1) is 0 Å². The number of hydrogen-bond donors (Lipinski definition) is 2. The van der Waals surface area contributed by atoms with Crippen molar-refractivity contribution in [1.82, 2.24) is 5.32 Å². The molecule has 4 heteroatoms. The van der Waals surface area contributed by atoms with E-state index in [-0.39, 0.29) is 5.41 Å². The smallest absolute Gasteiger partial charge is 0.320 e.